The van der Waals surface area contributed by atoms with Gasteiger partial charge >= 0.3 is 0 Å². The summed E-state index contributed by atoms with van der Waals surface area (Å²) in [6, 6.07) is 36.5. The standard InChI is InChI=1S/C31H34N2/c1-22(2)27-20-21-28(29(23(3)4)30(27)32)33-31(24-14-8-5-9-15-24,25-16-10-6-11-17-25)26-18-12-7-13-19-26/h5-23,33H,32H2,1-4H3. The highest BCUT2D eigenvalue weighted by Crippen LogP contribution is 2.43. The van der Waals surface area contributed by atoms with Crippen LogP contribution in [0, 0.1) is 0 Å². The van der Waals surface area contributed by atoms with E-state index in [1.54, 1.807) is 0 Å². The van der Waals surface area contributed by atoms with Crippen LogP contribution in [0.25, 0.3) is 0 Å². The minimum absolute atomic E-state index is 0.284. The van der Waals surface area contributed by atoms with E-state index in [0.717, 1.165) is 11.4 Å². The van der Waals surface area contributed by atoms with Gasteiger partial charge in [0.1, 0.15) is 5.54 Å². The van der Waals surface area contributed by atoms with E-state index in [4.69, 9.17) is 5.73 Å². The second-order valence-electron chi connectivity index (χ2n) is 9.31. The van der Waals surface area contributed by atoms with Crippen molar-refractivity contribution in [2.75, 3.05) is 11.1 Å². The van der Waals surface area contributed by atoms with Gasteiger partial charge in [-0.05, 0) is 40.2 Å². The molecule has 33 heavy (non-hydrogen) atoms. The molecule has 4 aromatic carbocycles. The first kappa shape index (κ1) is 22.7. The zero-order chi connectivity index (χ0) is 23.4. The Kier molecular flexibility index (Phi) is 6.55. The maximum atomic E-state index is 6.78. The second kappa shape index (κ2) is 9.54. The van der Waals surface area contributed by atoms with Crippen LogP contribution in [0.4, 0.5) is 11.4 Å². The molecule has 2 heteroatoms. The first-order valence-electron chi connectivity index (χ1n) is 11.8. The molecule has 2 nitrogen and oxygen atoms in total. The van der Waals surface area contributed by atoms with Gasteiger partial charge < -0.3 is 11.1 Å². The first-order chi connectivity index (χ1) is 15.9. The van der Waals surface area contributed by atoms with Gasteiger partial charge in [0.05, 0.1) is 0 Å². The number of hydrogen-bond acceptors (Lipinski definition) is 2. The van der Waals surface area contributed by atoms with E-state index in [-0.39, 0.29) is 5.92 Å². The second-order valence-corrected chi connectivity index (χ2v) is 9.31. The monoisotopic (exact) mass is 434 g/mol. The predicted octanol–water partition coefficient (Wildman–Crippen LogP) is 7.92. The van der Waals surface area contributed by atoms with E-state index >= 15 is 0 Å². The summed E-state index contributed by atoms with van der Waals surface area (Å²) in [6.07, 6.45) is 0. The molecule has 0 aliphatic heterocycles. The SMILES string of the molecule is CC(C)c1ccc(NC(c2ccccc2)(c2ccccc2)c2ccccc2)c(C(C)C)c1N. The van der Waals surface area contributed by atoms with E-state index in [0.29, 0.717) is 5.92 Å². The van der Waals surface area contributed by atoms with Gasteiger partial charge in [-0.3, -0.25) is 0 Å². The molecule has 0 saturated heterocycles. The molecule has 0 amide bonds. The van der Waals surface area contributed by atoms with E-state index < -0.39 is 5.54 Å². The fraction of sp³-hybridized carbons (Fsp3) is 0.226. The lowest BCUT2D eigenvalue weighted by molar-refractivity contribution is 0.706. The highest BCUT2D eigenvalue weighted by atomic mass is 15.0. The molecule has 0 aliphatic rings. The van der Waals surface area contributed by atoms with Crippen LogP contribution in [0.15, 0.2) is 103 Å². The van der Waals surface area contributed by atoms with Gasteiger partial charge in [0.25, 0.3) is 0 Å². The van der Waals surface area contributed by atoms with Gasteiger partial charge in [0.15, 0.2) is 0 Å². The third-order valence-electron chi connectivity index (χ3n) is 6.46. The molecule has 4 rings (SSSR count). The van der Waals surface area contributed by atoms with Gasteiger partial charge in [0, 0.05) is 16.9 Å². The van der Waals surface area contributed by atoms with Gasteiger partial charge in [-0.2, -0.15) is 0 Å². The largest absolute Gasteiger partial charge is 0.398 e. The van der Waals surface area contributed by atoms with Crippen molar-refractivity contribution in [3.8, 4) is 0 Å². The highest BCUT2D eigenvalue weighted by Gasteiger charge is 2.37. The lowest BCUT2D eigenvalue weighted by atomic mass is 9.76. The Morgan fingerprint density at radius 1 is 0.576 bits per heavy atom. The van der Waals surface area contributed by atoms with Crippen LogP contribution >= 0.6 is 0 Å². The molecule has 0 atom stereocenters. The molecule has 0 aliphatic carbocycles. The van der Waals surface area contributed by atoms with Crippen LogP contribution in [0.1, 0.15) is 67.3 Å². The van der Waals surface area contributed by atoms with Gasteiger partial charge in [-0.25, -0.2) is 0 Å². The van der Waals surface area contributed by atoms with Crippen molar-refractivity contribution >= 4 is 11.4 Å². The number of hydrogen-bond donors (Lipinski definition) is 2. The zero-order valence-corrected chi connectivity index (χ0v) is 20.0. The molecule has 0 bridgehead atoms. The summed E-state index contributed by atoms with van der Waals surface area (Å²) >= 11 is 0. The number of nitrogens with two attached hydrogens (primary N) is 1. The molecule has 0 heterocycles. The Labute approximate surface area is 198 Å². The van der Waals surface area contributed by atoms with E-state index in [1.807, 2.05) is 0 Å². The number of anilines is 2. The molecule has 4 aromatic rings. The van der Waals surface area contributed by atoms with E-state index in [2.05, 4.69) is 136 Å². The van der Waals surface area contributed by atoms with Crippen LogP contribution < -0.4 is 11.1 Å². The number of benzene rings is 4. The van der Waals surface area contributed by atoms with Crippen molar-refractivity contribution in [1.29, 1.82) is 0 Å². The number of nitrogens with one attached hydrogen (secondary N) is 1. The predicted molar refractivity (Wildman–Crippen MR) is 142 cm³/mol. The third-order valence-corrected chi connectivity index (χ3v) is 6.46. The molecule has 0 unspecified atom stereocenters. The topological polar surface area (TPSA) is 38.0 Å². The van der Waals surface area contributed by atoms with Gasteiger partial charge in [-0.1, -0.05) is 125 Å². The molecule has 0 spiro atoms. The first-order valence-corrected chi connectivity index (χ1v) is 11.8. The Morgan fingerprint density at radius 3 is 1.36 bits per heavy atom. The molecule has 3 N–H and O–H groups in total. The molecule has 168 valence electrons. The van der Waals surface area contributed by atoms with Gasteiger partial charge in [-0.15, -0.1) is 0 Å². The average Bonchev–Trinajstić information content (AvgIpc) is 2.83. The summed E-state index contributed by atoms with van der Waals surface area (Å²) in [4.78, 5) is 0. The third kappa shape index (κ3) is 4.26. The summed E-state index contributed by atoms with van der Waals surface area (Å²) in [5.41, 5.74) is 14.1. The quantitative estimate of drug-likeness (QED) is 0.229. The number of rotatable bonds is 7. The van der Waals surface area contributed by atoms with Crippen molar-refractivity contribution in [3.63, 3.8) is 0 Å². The molecule has 0 aromatic heterocycles. The lowest BCUT2D eigenvalue weighted by Gasteiger charge is -2.39. The molecular formula is C31H34N2. The molecular weight excluding hydrogens is 400 g/mol. The summed E-state index contributed by atoms with van der Waals surface area (Å²) in [7, 11) is 0. The Hall–Kier alpha value is -3.52. The van der Waals surface area contributed by atoms with Crippen LogP contribution in [-0.2, 0) is 5.54 Å². The van der Waals surface area contributed by atoms with E-state index in [9.17, 15) is 0 Å². The maximum absolute atomic E-state index is 6.78. The summed E-state index contributed by atoms with van der Waals surface area (Å²) < 4.78 is 0. The minimum atomic E-state index is -0.570. The van der Waals surface area contributed by atoms with Crippen molar-refractivity contribution in [2.45, 2.75) is 45.1 Å². The molecule has 0 radical (unpaired) electrons. The fourth-order valence-electron chi connectivity index (χ4n) is 4.87. The molecule has 0 saturated carbocycles. The Morgan fingerprint density at radius 2 is 1.00 bits per heavy atom. The smallest absolute Gasteiger partial charge is 0.114 e. The summed E-state index contributed by atoms with van der Waals surface area (Å²) in [5, 5.41) is 4.02. The van der Waals surface area contributed by atoms with Gasteiger partial charge in [0.2, 0.25) is 0 Å². The van der Waals surface area contributed by atoms with Crippen LogP contribution in [0.3, 0.4) is 0 Å². The van der Waals surface area contributed by atoms with E-state index in [1.165, 1.54) is 27.8 Å². The number of nitrogen functional groups attached to an aromatic ring is 1. The summed E-state index contributed by atoms with van der Waals surface area (Å²) in [6.45, 7) is 8.84. The van der Waals surface area contributed by atoms with Crippen LogP contribution in [-0.4, -0.2) is 0 Å². The zero-order valence-electron chi connectivity index (χ0n) is 20.0. The normalized spacial score (nSPS) is 11.7. The fourth-order valence-corrected chi connectivity index (χ4v) is 4.87. The van der Waals surface area contributed by atoms with Crippen LogP contribution in [0.2, 0.25) is 0 Å². The van der Waals surface area contributed by atoms with Crippen LogP contribution in [0.5, 0.6) is 0 Å². The van der Waals surface area contributed by atoms with Crippen molar-refractivity contribution in [2.24, 2.45) is 0 Å². The Balaban J connectivity index is 2.03. The maximum Gasteiger partial charge on any atom is 0.114 e. The average molecular weight is 435 g/mol. The lowest BCUT2D eigenvalue weighted by Crippen LogP contribution is -2.38. The van der Waals surface area contributed by atoms with Crippen molar-refractivity contribution < 1.29 is 0 Å². The minimum Gasteiger partial charge on any atom is -0.398 e. The highest BCUT2D eigenvalue weighted by molar-refractivity contribution is 5.72. The van der Waals surface area contributed by atoms with Crippen molar-refractivity contribution in [1.82, 2.24) is 0 Å². The Bertz CT molecular complexity index is 1080. The van der Waals surface area contributed by atoms with Crippen molar-refractivity contribution in [3.05, 3.63) is 131 Å². The molecule has 0 fully saturated rings. The summed E-state index contributed by atoms with van der Waals surface area (Å²) in [5.74, 6) is 0.657.